The monoisotopic (exact) mass is 580 g/mol. The maximum Gasteiger partial charge on any atom is 0.335 e. The van der Waals surface area contributed by atoms with Crippen LogP contribution in [0.15, 0.2) is 70.7 Å². The van der Waals surface area contributed by atoms with E-state index in [-0.39, 0.29) is 21.9 Å². The van der Waals surface area contributed by atoms with E-state index in [0.29, 0.717) is 28.1 Å². The summed E-state index contributed by atoms with van der Waals surface area (Å²) < 4.78 is 12.0. The first kappa shape index (κ1) is 26.1. The van der Waals surface area contributed by atoms with Crippen molar-refractivity contribution in [1.29, 1.82) is 0 Å². The highest BCUT2D eigenvalue weighted by atomic mass is 79.9. The van der Waals surface area contributed by atoms with E-state index in [4.69, 9.17) is 21.7 Å². The number of carbonyl (C=O) groups excluding carboxylic acids is 2. The number of nitrogens with one attached hydrogen (secondary N) is 1. The second kappa shape index (κ2) is 10.9. The van der Waals surface area contributed by atoms with Gasteiger partial charge in [-0.05, 0) is 82.6 Å². The van der Waals surface area contributed by atoms with Crippen LogP contribution in [0.3, 0.4) is 0 Å². The molecule has 1 saturated heterocycles. The Kier molecular flexibility index (Phi) is 7.70. The van der Waals surface area contributed by atoms with Gasteiger partial charge in [-0.2, -0.15) is 0 Å². The van der Waals surface area contributed by atoms with Crippen molar-refractivity contribution in [3.05, 3.63) is 93.0 Å². The zero-order chi connectivity index (χ0) is 26.7. The lowest BCUT2D eigenvalue weighted by molar-refractivity contribution is -0.122. The number of hydrogen-bond acceptors (Lipinski definition) is 6. The van der Waals surface area contributed by atoms with Crippen molar-refractivity contribution in [2.24, 2.45) is 0 Å². The fourth-order valence-electron chi connectivity index (χ4n) is 3.64. The van der Waals surface area contributed by atoms with Gasteiger partial charge >= 0.3 is 5.97 Å². The number of carboxylic acids is 1. The molecule has 0 aromatic heterocycles. The Hall–Kier alpha value is -4.02. The first-order valence-electron chi connectivity index (χ1n) is 11.0. The topological polar surface area (TPSA) is 105 Å². The number of thiocarbonyl (C=S) groups is 1. The third-order valence-electron chi connectivity index (χ3n) is 5.52. The highest BCUT2D eigenvalue weighted by Gasteiger charge is 2.34. The van der Waals surface area contributed by atoms with E-state index >= 15 is 0 Å². The SMILES string of the molecule is COc1cc(C=C2C(=O)NC(=S)N(c3cccc(C(=O)O)c3)C2=O)cc(Br)c1OCc1ccc(C)cc1. The second-order valence-corrected chi connectivity index (χ2v) is 9.36. The number of hydrogen-bond donors (Lipinski definition) is 2. The second-order valence-electron chi connectivity index (χ2n) is 8.12. The molecule has 0 aliphatic carbocycles. The summed E-state index contributed by atoms with van der Waals surface area (Å²) in [6.45, 7) is 2.33. The molecule has 1 fully saturated rings. The lowest BCUT2D eigenvalue weighted by Gasteiger charge is -2.29. The fraction of sp³-hybridized carbons (Fsp3) is 0.111. The first-order valence-corrected chi connectivity index (χ1v) is 12.2. The number of aryl methyl sites for hydroxylation is 1. The Morgan fingerprint density at radius 2 is 1.86 bits per heavy atom. The highest BCUT2D eigenvalue weighted by molar-refractivity contribution is 9.10. The Bertz CT molecular complexity index is 1450. The molecule has 3 aromatic carbocycles. The van der Waals surface area contributed by atoms with Crippen molar-refractivity contribution in [3.8, 4) is 11.5 Å². The number of anilines is 1. The molecule has 8 nitrogen and oxygen atoms in total. The van der Waals surface area contributed by atoms with Crippen LogP contribution in [0.2, 0.25) is 0 Å². The van der Waals surface area contributed by atoms with E-state index in [9.17, 15) is 19.5 Å². The van der Waals surface area contributed by atoms with Gasteiger partial charge < -0.3 is 14.6 Å². The van der Waals surface area contributed by atoms with Crippen molar-refractivity contribution in [2.75, 3.05) is 12.0 Å². The summed E-state index contributed by atoms with van der Waals surface area (Å²) in [4.78, 5) is 38.5. The molecule has 1 aliphatic heterocycles. The molecule has 2 amide bonds. The molecule has 188 valence electrons. The van der Waals surface area contributed by atoms with Gasteiger partial charge in [-0.15, -0.1) is 0 Å². The van der Waals surface area contributed by atoms with Gasteiger partial charge in [-0.25, -0.2) is 4.79 Å². The van der Waals surface area contributed by atoms with Crippen molar-refractivity contribution < 1.29 is 29.0 Å². The molecule has 0 spiro atoms. The Balaban J connectivity index is 1.64. The number of methoxy groups -OCH3 is 1. The molecule has 10 heteroatoms. The number of nitrogens with zero attached hydrogens (tertiary/aromatic N) is 1. The number of rotatable bonds is 7. The van der Waals surface area contributed by atoms with Crippen LogP contribution in [0.4, 0.5) is 5.69 Å². The largest absolute Gasteiger partial charge is 0.493 e. The maximum absolute atomic E-state index is 13.3. The third-order valence-corrected chi connectivity index (χ3v) is 6.39. The van der Waals surface area contributed by atoms with Gasteiger partial charge in [0.25, 0.3) is 11.8 Å². The van der Waals surface area contributed by atoms with Gasteiger partial charge in [0.15, 0.2) is 16.6 Å². The van der Waals surface area contributed by atoms with Gasteiger partial charge in [0.1, 0.15) is 12.2 Å². The molecule has 4 rings (SSSR count). The van der Waals surface area contributed by atoms with Gasteiger partial charge in [0, 0.05) is 0 Å². The molecule has 3 aromatic rings. The number of aromatic carboxylic acids is 1. The number of halogens is 1. The number of carboxylic acid groups (broad SMARTS) is 1. The fourth-order valence-corrected chi connectivity index (χ4v) is 4.49. The van der Waals surface area contributed by atoms with E-state index in [2.05, 4.69) is 21.2 Å². The molecular formula is C27H21BrN2O6S. The van der Waals surface area contributed by atoms with Crippen molar-refractivity contribution in [3.63, 3.8) is 0 Å². The molecule has 2 N–H and O–H groups in total. The van der Waals surface area contributed by atoms with Gasteiger partial charge in [-0.1, -0.05) is 35.9 Å². The summed E-state index contributed by atoms with van der Waals surface area (Å²) in [7, 11) is 1.49. The predicted octanol–water partition coefficient (Wildman–Crippen LogP) is 4.87. The standard InChI is InChI=1S/C27H21BrN2O6S/c1-15-6-8-16(9-7-15)14-36-23-21(28)11-17(12-22(23)35-2)10-20-24(31)29-27(37)30(25(20)32)19-5-3-4-18(13-19)26(33)34/h3-13H,14H2,1-2H3,(H,33,34)(H,29,31,37). The third kappa shape index (κ3) is 5.71. The number of benzene rings is 3. The van der Waals surface area contributed by atoms with Crippen LogP contribution in [0.25, 0.3) is 6.08 Å². The minimum absolute atomic E-state index is 0.0228. The van der Waals surface area contributed by atoms with Crippen LogP contribution in [-0.4, -0.2) is 35.1 Å². The molecule has 0 radical (unpaired) electrons. The molecule has 1 heterocycles. The van der Waals surface area contributed by atoms with Crippen LogP contribution in [0.5, 0.6) is 11.5 Å². The number of ether oxygens (including phenoxy) is 2. The van der Waals surface area contributed by atoms with Gasteiger partial charge in [0.2, 0.25) is 0 Å². The van der Waals surface area contributed by atoms with Gasteiger partial charge in [0.05, 0.1) is 22.8 Å². The van der Waals surface area contributed by atoms with Crippen molar-refractivity contribution in [2.45, 2.75) is 13.5 Å². The summed E-state index contributed by atoms with van der Waals surface area (Å²) in [6, 6.07) is 17.0. The number of carbonyl (C=O) groups is 3. The average molecular weight is 581 g/mol. The van der Waals surface area contributed by atoms with Crippen LogP contribution < -0.4 is 19.7 Å². The lowest BCUT2D eigenvalue weighted by atomic mass is 10.1. The predicted molar refractivity (Wildman–Crippen MR) is 146 cm³/mol. The Morgan fingerprint density at radius 1 is 1.14 bits per heavy atom. The number of amides is 2. The summed E-state index contributed by atoms with van der Waals surface area (Å²) in [5.74, 6) is -1.64. The van der Waals surface area contributed by atoms with Crippen molar-refractivity contribution in [1.82, 2.24) is 5.32 Å². The zero-order valence-electron chi connectivity index (χ0n) is 19.8. The first-order chi connectivity index (χ1) is 17.7. The average Bonchev–Trinajstić information content (AvgIpc) is 2.86. The van der Waals surface area contributed by atoms with E-state index in [0.717, 1.165) is 16.0 Å². The van der Waals surface area contributed by atoms with Crippen molar-refractivity contribution >= 4 is 62.8 Å². The molecule has 1 aliphatic rings. The molecule has 0 saturated carbocycles. The summed E-state index contributed by atoms with van der Waals surface area (Å²) in [5, 5.41) is 11.6. The van der Waals surface area contributed by atoms with E-state index in [1.165, 1.54) is 37.5 Å². The minimum atomic E-state index is -1.15. The molecule has 0 unspecified atom stereocenters. The summed E-state index contributed by atoms with van der Waals surface area (Å²) in [6.07, 6.45) is 1.41. The summed E-state index contributed by atoms with van der Waals surface area (Å²) >= 11 is 8.69. The molecule has 0 atom stereocenters. The molecule has 37 heavy (non-hydrogen) atoms. The van der Waals surface area contributed by atoms with E-state index in [1.54, 1.807) is 12.1 Å². The minimum Gasteiger partial charge on any atom is -0.493 e. The molecular weight excluding hydrogens is 560 g/mol. The Labute approximate surface area is 226 Å². The Morgan fingerprint density at radius 3 is 2.54 bits per heavy atom. The quantitative estimate of drug-likeness (QED) is 0.233. The van der Waals surface area contributed by atoms with Gasteiger partial charge in [-0.3, -0.25) is 19.8 Å². The molecule has 0 bridgehead atoms. The normalized spacial score (nSPS) is 14.5. The van der Waals surface area contributed by atoms with Crippen LogP contribution in [0, 0.1) is 6.92 Å². The zero-order valence-corrected chi connectivity index (χ0v) is 22.2. The highest BCUT2D eigenvalue weighted by Crippen LogP contribution is 2.38. The van der Waals surface area contributed by atoms with E-state index < -0.39 is 17.8 Å². The van der Waals surface area contributed by atoms with Crippen LogP contribution in [-0.2, 0) is 16.2 Å². The smallest absolute Gasteiger partial charge is 0.335 e. The van der Waals surface area contributed by atoms with Crippen LogP contribution in [0.1, 0.15) is 27.0 Å². The summed E-state index contributed by atoms with van der Waals surface area (Å²) in [5.41, 5.74) is 2.65. The van der Waals surface area contributed by atoms with E-state index in [1.807, 2.05) is 31.2 Å². The van der Waals surface area contributed by atoms with Crippen LogP contribution >= 0.6 is 28.1 Å². The lowest BCUT2D eigenvalue weighted by Crippen LogP contribution is -2.54. The maximum atomic E-state index is 13.3.